The minimum absolute atomic E-state index is 0.163. The van der Waals surface area contributed by atoms with Crippen molar-refractivity contribution in [2.24, 2.45) is 5.92 Å². The van der Waals surface area contributed by atoms with Crippen LogP contribution in [-0.2, 0) is 5.41 Å². The van der Waals surface area contributed by atoms with Gasteiger partial charge < -0.3 is 10.4 Å². The summed E-state index contributed by atoms with van der Waals surface area (Å²) in [6.45, 7) is 2.95. The van der Waals surface area contributed by atoms with Gasteiger partial charge in [0.25, 0.3) is 0 Å². The second-order valence-electron chi connectivity index (χ2n) is 6.49. The number of nitrogens with one attached hydrogen (secondary N) is 1. The SMILES string of the molecule is CC1(c2ccc(F)cc2)CC(NCC(O)C2CC2)C1. The maximum atomic E-state index is 12.9. The third-order valence-corrected chi connectivity index (χ3v) is 4.72. The predicted molar refractivity (Wildman–Crippen MR) is 73.5 cm³/mol. The molecule has 0 bridgehead atoms. The topological polar surface area (TPSA) is 32.3 Å². The first-order valence-corrected chi connectivity index (χ1v) is 7.24. The summed E-state index contributed by atoms with van der Waals surface area (Å²) >= 11 is 0. The predicted octanol–water partition coefficient (Wildman–Crippen LogP) is 2.61. The van der Waals surface area contributed by atoms with Gasteiger partial charge in [-0.1, -0.05) is 19.1 Å². The lowest BCUT2D eigenvalue weighted by molar-refractivity contribution is 0.120. The standard InChI is InChI=1S/C16H22FNO/c1-16(12-4-6-13(17)7-5-12)8-14(9-16)18-10-15(19)11-2-3-11/h4-7,11,14-15,18-19H,2-3,8-10H2,1H3. The Morgan fingerprint density at radius 3 is 2.53 bits per heavy atom. The van der Waals surface area contributed by atoms with E-state index in [4.69, 9.17) is 0 Å². The van der Waals surface area contributed by atoms with Gasteiger partial charge in [-0.05, 0) is 54.7 Å². The Labute approximate surface area is 114 Å². The number of hydrogen-bond acceptors (Lipinski definition) is 2. The van der Waals surface area contributed by atoms with Crippen molar-refractivity contribution in [3.8, 4) is 0 Å². The average Bonchev–Trinajstić information content (AvgIpc) is 3.18. The minimum atomic E-state index is -0.172. The molecule has 0 aliphatic heterocycles. The third-order valence-electron chi connectivity index (χ3n) is 4.72. The third kappa shape index (κ3) is 2.82. The molecule has 2 aliphatic rings. The lowest BCUT2D eigenvalue weighted by Gasteiger charge is -2.46. The Bertz CT molecular complexity index is 435. The van der Waals surface area contributed by atoms with Crippen LogP contribution >= 0.6 is 0 Å². The summed E-state index contributed by atoms with van der Waals surface area (Å²) in [6.07, 6.45) is 4.32. The van der Waals surface area contributed by atoms with E-state index in [0.29, 0.717) is 12.0 Å². The van der Waals surface area contributed by atoms with Crippen molar-refractivity contribution in [2.75, 3.05) is 6.54 Å². The summed E-state index contributed by atoms with van der Waals surface area (Å²) in [5.41, 5.74) is 1.38. The molecule has 2 N–H and O–H groups in total. The van der Waals surface area contributed by atoms with Crippen LogP contribution in [-0.4, -0.2) is 23.8 Å². The Morgan fingerprint density at radius 2 is 1.95 bits per heavy atom. The monoisotopic (exact) mass is 263 g/mol. The molecule has 0 heterocycles. The number of benzene rings is 1. The number of halogens is 1. The highest BCUT2D eigenvalue weighted by Gasteiger charge is 2.41. The van der Waals surface area contributed by atoms with Gasteiger partial charge in [0.05, 0.1) is 6.10 Å². The van der Waals surface area contributed by atoms with Gasteiger partial charge in [-0.2, -0.15) is 0 Å². The molecule has 0 radical (unpaired) electrons. The summed E-state index contributed by atoms with van der Waals surface area (Å²) in [7, 11) is 0. The highest BCUT2D eigenvalue weighted by molar-refractivity contribution is 5.29. The molecule has 2 saturated carbocycles. The van der Waals surface area contributed by atoms with Gasteiger partial charge in [0.1, 0.15) is 5.82 Å². The minimum Gasteiger partial charge on any atom is -0.392 e. The Balaban J connectivity index is 1.49. The van der Waals surface area contributed by atoms with Crippen LogP contribution in [0.15, 0.2) is 24.3 Å². The molecule has 0 saturated heterocycles. The molecule has 1 unspecified atom stereocenters. The first-order chi connectivity index (χ1) is 9.07. The van der Waals surface area contributed by atoms with Gasteiger partial charge in [-0.15, -0.1) is 0 Å². The number of aliphatic hydroxyl groups is 1. The first kappa shape index (κ1) is 13.1. The van der Waals surface area contributed by atoms with Gasteiger partial charge in [0, 0.05) is 12.6 Å². The molecule has 0 spiro atoms. The van der Waals surface area contributed by atoms with Crippen LogP contribution in [0.25, 0.3) is 0 Å². The largest absolute Gasteiger partial charge is 0.392 e. The van der Waals surface area contributed by atoms with E-state index in [9.17, 15) is 9.50 Å². The number of hydrogen-bond donors (Lipinski definition) is 2. The van der Waals surface area contributed by atoms with Crippen molar-refractivity contribution < 1.29 is 9.50 Å². The Morgan fingerprint density at radius 1 is 1.32 bits per heavy atom. The lowest BCUT2D eigenvalue weighted by Crippen LogP contribution is -2.51. The summed E-state index contributed by atoms with van der Waals surface area (Å²) in [6, 6.07) is 7.36. The molecular formula is C16H22FNO. The van der Waals surface area contributed by atoms with Crippen molar-refractivity contribution in [1.82, 2.24) is 5.32 Å². The summed E-state index contributed by atoms with van der Waals surface area (Å²) < 4.78 is 12.9. The fourth-order valence-corrected chi connectivity index (χ4v) is 3.20. The smallest absolute Gasteiger partial charge is 0.123 e. The molecular weight excluding hydrogens is 241 g/mol. The molecule has 2 nitrogen and oxygen atoms in total. The summed E-state index contributed by atoms with van der Waals surface area (Å²) in [5.74, 6) is 0.366. The molecule has 1 aromatic rings. The molecule has 3 rings (SSSR count). The van der Waals surface area contributed by atoms with Gasteiger partial charge in [0.15, 0.2) is 0 Å². The molecule has 3 heteroatoms. The lowest BCUT2D eigenvalue weighted by atomic mass is 9.63. The highest BCUT2D eigenvalue weighted by atomic mass is 19.1. The van der Waals surface area contributed by atoms with Gasteiger partial charge in [-0.25, -0.2) is 4.39 Å². The van der Waals surface area contributed by atoms with Crippen LogP contribution in [0.3, 0.4) is 0 Å². The van der Waals surface area contributed by atoms with Crippen molar-refractivity contribution in [2.45, 2.75) is 50.2 Å². The molecule has 19 heavy (non-hydrogen) atoms. The second kappa shape index (κ2) is 4.88. The highest BCUT2D eigenvalue weighted by Crippen LogP contribution is 2.43. The molecule has 0 amide bonds. The van der Waals surface area contributed by atoms with E-state index in [1.807, 2.05) is 12.1 Å². The van der Waals surface area contributed by atoms with E-state index in [1.54, 1.807) is 0 Å². The van der Waals surface area contributed by atoms with Crippen molar-refractivity contribution in [3.05, 3.63) is 35.6 Å². The molecule has 1 atom stereocenters. The van der Waals surface area contributed by atoms with E-state index in [2.05, 4.69) is 12.2 Å². The zero-order chi connectivity index (χ0) is 13.5. The fraction of sp³-hybridized carbons (Fsp3) is 0.625. The van der Waals surface area contributed by atoms with Crippen molar-refractivity contribution >= 4 is 0 Å². The van der Waals surface area contributed by atoms with E-state index < -0.39 is 0 Å². The molecule has 104 valence electrons. The fourth-order valence-electron chi connectivity index (χ4n) is 3.20. The van der Waals surface area contributed by atoms with Gasteiger partial charge in [-0.3, -0.25) is 0 Å². The summed E-state index contributed by atoms with van der Waals surface area (Å²) in [5, 5.41) is 13.3. The Hall–Kier alpha value is -0.930. The van der Waals surface area contributed by atoms with Gasteiger partial charge in [0.2, 0.25) is 0 Å². The normalized spacial score (nSPS) is 31.8. The maximum absolute atomic E-state index is 12.9. The van der Waals surface area contributed by atoms with Crippen LogP contribution in [0.5, 0.6) is 0 Å². The van der Waals surface area contributed by atoms with Gasteiger partial charge >= 0.3 is 0 Å². The zero-order valence-corrected chi connectivity index (χ0v) is 11.4. The zero-order valence-electron chi connectivity index (χ0n) is 11.4. The van der Waals surface area contributed by atoms with Crippen LogP contribution < -0.4 is 5.32 Å². The molecule has 0 aromatic heterocycles. The van der Waals surface area contributed by atoms with E-state index in [1.165, 1.54) is 30.5 Å². The molecule has 1 aromatic carbocycles. The average molecular weight is 263 g/mol. The first-order valence-electron chi connectivity index (χ1n) is 7.24. The van der Waals surface area contributed by atoms with Crippen LogP contribution in [0.2, 0.25) is 0 Å². The molecule has 2 aliphatic carbocycles. The summed E-state index contributed by atoms with van der Waals surface area (Å²) in [4.78, 5) is 0. The van der Waals surface area contributed by atoms with Crippen LogP contribution in [0, 0.1) is 11.7 Å². The number of rotatable bonds is 5. The van der Waals surface area contributed by atoms with E-state index in [-0.39, 0.29) is 17.3 Å². The van der Waals surface area contributed by atoms with E-state index >= 15 is 0 Å². The molecule has 2 fully saturated rings. The van der Waals surface area contributed by atoms with Crippen LogP contribution in [0.1, 0.15) is 38.2 Å². The second-order valence-corrected chi connectivity index (χ2v) is 6.49. The number of aliphatic hydroxyl groups excluding tert-OH is 1. The van der Waals surface area contributed by atoms with Crippen molar-refractivity contribution in [1.29, 1.82) is 0 Å². The van der Waals surface area contributed by atoms with Crippen molar-refractivity contribution in [3.63, 3.8) is 0 Å². The van der Waals surface area contributed by atoms with Crippen LogP contribution in [0.4, 0.5) is 4.39 Å². The maximum Gasteiger partial charge on any atom is 0.123 e. The quantitative estimate of drug-likeness (QED) is 0.856. The Kier molecular flexibility index (Phi) is 3.35. The van der Waals surface area contributed by atoms with E-state index in [0.717, 1.165) is 19.4 Å².